The van der Waals surface area contributed by atoms with Crippen molar-refractivity contribution in [1.82, 2.24) is 10.2 Å². The molecule has 2 heterocycles. The molecule has 0 aromatic carbocycles. The molecule has 92 valence electrons. The number of rotatable bonds is 5. The van der Waals surface area contributed by atoms with Crippen LogP contribution in [0.3, 0.4) is 0 Å². The maximum atomic E-state index is 5.67. The Morgan fingerprint density at radius 2 is 2.18 bits per heavy atom. The molecule has 0 amide bonds. The maximum absolute atomic E-state index is 5.67. The molecule has 0 saturated carbocycles. The van der Waals surface area contributed by atoms with E-state index in [1.54, 1.807) is 23.1 Å². The van der Waals surface area contributed by atoms with Gasteiger partial charge in [-0.1, -0.05) is 19.9 Å². The highest BCUT2D eigenvalue weighted by Crippen LogP contribution is 2.36. The van der Waals surface area contributed by atoms with E-state index in [4.69, 9.17) is 4.42 Å². The van der Waals surface area contributed by atoms with E-state index in [2.05, 4.69) is 48.5 Å². The van der Waals surface area contributed by atoms with Crippen molar-refractivity contribution in [3.63, 3.8) is 0 Å². The first-order valence-corrected chi connectivity index (χ1v) is 7.43. The van der Waals surface area contributed by atoms with E-state index in [0.717, 1.165) is 18.2 Å². The third-order valence-electron chi connectivity index (χ3n) is 2.20. The minimum absolute atomic E-state index is 0.210. The third kappa shape index (κ3) is 3.57. The van der Waals surface area contributed by atoms with Crippen LogP contribution in [0.2, 0.25) is 0 Å². The molecule has 0 saturated heterocycles. The van der Waals surface area contributed by atoms with Crippen LogP contribution in [0, 0.1) is 5.92 Å². The van der Waals surface area contributed by atoms with Gasteiger partial charge in [-0.3, -0.25) is 0 Å². The molecule has 2 aromatic rings. The lowest BCUT2D eigenvalue weighted by atomic mass is 10.1. The zero-order chi connectivity index (χ0) is 12.3. The molecule has 0 spiro atoms. The highest BCUT2D eigenvalue weighted by molar-refractivity contribution is 8.01. The number of thioether (sulfide) groups is 1. The molecule has 0 fully saturated rings. The minimum Gasteiger partial charge on any atom is -0.424 e. The van der Waals surface area contributed by atoms with E-state index in [-0.39, 0.29) is 5.25 Å². The van der Waals surface area contributed by atoms with Crippen LogP contribution in [0.1, 0.15) is 37.8 Å². The highest BCUT2D eigenvalue weighted by atomic mass is 32.2. The van der Waals surface area contributed by atoms with E-state index in [1.165, 1.54) is 4.21 Å². The van der Waals surface area contributed by atoms with Gasteiger partial charge in [0.05, 0.1) is 9.46 Å². The van der Waals surface area contributed by atoms with Crippen LogP contribution in [0.4, 0.5) is 0 Å². The van der Waals surface area contributed by atoms with Crippen molar-refractivity contribution >= 4 is 23.1 Å². The number of hydrogen-bond donors (Lipinski definition) is 0. The van der Waals surface area contributed by atoms with Crippen molar-refractivity contribution in [3.05, 3.63) is 29.3 Å². The van der Waals surface area contributed by atoms with Gasteiger partial charge in [0.25, 0.3) is 0 Å². The summed E-state index contributed by atoms with van der Waals surface area (Å²) < 4.78 is 6.95. The number of thiophene rings is 1. The topological polar surface area (TPSA) is 38.9 Å². The molecule has 0 radical (unpaired) electrons. The molecule has 17 heavy (non-hydrogen) atoms. The molecular weight excluding hydrogens is 252 g/mol. The monoisotopic (exact) mass is 268 g/mol. The summed E-state index contributed by atoms with van der Waals surface area (Å²) in [5.41, 5.74) is 0. The van der Waals surface area contributed by atoms with Gasteiger partial charge in [-0.2, -0.15) is 0 Å². The summed E-state index contributed by atoms with van der Waals surface area (Å²) in [5.74, 6) is 2.01. The molecule has 5 heteroatoms. The van der Waals surface area contributed by atoms with Gasteiger partial charge in [0.1, 0.15) is 0 Å². The van der Waals surface area contributed by atoms with Crippen molar-refractivity contribution in [2.24, 2.45) is 5.92 Å². The second kappa shape index (κ2) is 5.69. The lowest BCUT2D eigenvalue weighted by Gasteiger charge is -2.03. The lowest BCUT2D eigenvalue weighted by Crippen LogP contribution is -1.93. The summed E-state index contributed by atoms with van der Waals surface area (Å²) in [7, 11) is 0. The average Bonchev–Trinajstić information content (AvgIpc) is 2.87. The van der Waals surface area contributed by atoms with Crippen molar-refractivity contribution in [3.8, 4) is 0 Å². The Morgan fingerprint density at radius 3 is 2.82 bits per heavy atom. The standard InChI is InChI=1S/C12H16N2OS2/c1-8(2)7-10-13-14-12(15-10)9(3)17-11-5-4-6-16-11/h4-6,8-9H,7H2,1-3H3/t9-/m1/s1. The van der Waals surface area contributed by atoms with Gasteiger partial charge >= 0.3 is 0 Å². The Kier molecular flexibility index (Phi) is 4.23. The molecule has 0 aliphatic heterocycles. The maximum Gasteiger partial charge on any atom is 0.229 e. The van der Waals surface area contributed by atoms with Crippen molar-refractivity contribution < 1.29 is 4.42 Å². The van der Waals surface area contributed by atoms with Crippen LogP contribution in [-0.4, -0.2) is 10.2 Å². The molecule has 0 aliphatic carbocycles. The fourth-order valence-electron chi connectivity index (χ4n) is 1.42. The van der Waals surface area contributed by atoms with Crippen molar-refractivity contribution in [2.45, 2.75) is 36.7 Å². The first-order valence-electron chi connectivity index (χ1n) is 5.67. The summed E-state index contributed by atoms with van der Waals surface area (Å²) in [5, 5.41) is 10.5. The number of nitrogens with zero attached hydrogens (tertiary/aromatic N) is 2. The fourth-order valence-corrected chi connectivity index (χ4v) is 3.39. The molecule has 0 bridgehead atoms. The molecule has 2 aromatic heterocycles. The molecule has 2 rings (SSSR count). The van der Waals surface area contributed by atoms with Gasteiger partial charge in [0.2, 0.25) is 11.8 Å². The second-order valence-corrected chi connectivity index (χ2v) is 6.91. The van der Waals surface area contributed by atoms with Crippen molar-refractivity contribution in [1.29, 1.82) is 0 Å². The van der Waals surface area contributed by atoms with Gasteiger partial charge in [-0.15, -0.1) is 33.3 Å². The molecule has 1 atom stereocenters. The summed E-state index contributed by atoms with van der Waals surface area (Å²) >= 11 is 3.49. The third-order valence-corrected chi connectivity index (χ3v) is 4.36. The zero-order valence-electron chi connectivity index (χ0n) is 10.2. The van der Waals surface area contributed by atoms with E-state index in [9.17, 15) is 0 Å². The van der Waals surface area contributed by atoms with Gasteiger partial charge in [-0.25, -0.2) is 0 Å². The SMILES string of the molecule is CC(C)Cc1nnc([C@@H](C)Sc2cccs2)o1. The van der Waals surface area contributed by atoms with E-state index < -0.39 is 0 Å². The lowest BCUT2D eigenvalue weighted by molar-refractivity contribution is 0.426. The van der Waals surface area contributed by atoms with Crippen LogP contribution < -0.4 is 0 Å². The molecule has 0 aliphatic rings. The van der Waals surface area contributed by atoms with E-state index in [1.807, 2.05) is 0 Å². The minimum atomic E-state index is 0.210. The van der Waals surface area contributed by atoms with Crippen molar-refractivity contribution in [2.75, 3.05) is 0 Å². The Bertz CT molecular complexity index is 451. The average molecular weight is 268 g/mol. The Hall–Kier alpha value is -0.810. The van der Waals surface area contributed by atoms with Crippen LogP contribution in [0.5, 0.6) is 0 Å². The second-order valence-electron chi connectivity index (χ2n) is 4.32. The number of aromatic nitrogens is 2. The zero-order valence-corrected chi connectivity index (χ0v) is 11.8. The summed E-state index contributed by atoms with van der Waals surface area (Å²) in [4.78, 5) is 0. The summed E-state index contributed by atoms with van der Waals surface area (Å²) in [6.07, 6.45) is 0.851. The normalized spacial score (nSPS) is 13.2. The van der Waals surface area contributed by atoms with Gasteiger partial charge < -0.3 is 4.42 Å². The Morgan fingerprint density at radius 1 is 1.35 bits per heavy atom. The van der Waals surface area contributed by atoms with E-state index >= 15 is 0 Å². The van der Waals surface area contributed by atoms with Crippen LogP contribution in [0.15, 0.2) is 26.1 Å². The van der Waals surface area contributed by atoms with Crippen LogP contribution >= 0.6 is 23.1 Å². The Labute approximate surface area is 110 Å². The fraction of sp³-hybridized carbons (Fsp3) is 0.500. The summed E-state index contributed by atoms with van der Waals surface area (Å²) in [6, 6.07) is 4.16. The smallest absolute Gasteiger partial charge is 0.229 e. The first-order chi connectivity index (χ1) is 8.15. The largest absolute Gasteiger partial charge is 0.424 e. The predicted octanol–water partition coefficient (Wildman–Crippen LogP) is 4.18. The molecule has 3 nitrogen and oxygen atoms in total. The predicted molar refractivity (Wildman–Crippen MR) is 71.4 cm³/mol. The Balaban J connectivity index is 1.99. The number of hydrogen-bond acceptors (Lipinski definition) is 5. The van der Waals surface area contributed by atoms with Gasteiger partial charge in [0.15, 0.2) is 0 Å². The van der Waals surface area contributed by atoms with Gasteiger partial charge in [-0.05, 0) is 24.3 Å². The first kappa shape index (κ1) is 12.6. The molecular formula is C12H16N2OS2. The summed E-state index contributed by atoms with van der Waals surface area (Å²) in [6.45, 7) is 6.39. The quantitative estimate of drug-likeness (QED) is 0.762. The van der Waals surface area contributed by atoms with Gasteiger partial charge in [0, 0.05) is 6.42 Å². The van der Waals surface area contributed by atoms with Crippen LogP contribution in [-0.2, 0) is 6.42 Å². The van der Waals surface area contributed by atoms with Crippen LogP contribution in [0.25, 0.3) is 0 Å². The molecule has 0 N–H and O–H groups in total. The van der Waals surface area contributed by atoms with E-state index in [0.29, 0.717) is 5.92 Å². The molecule has 0 unspecified atom stereocenters. The highest BCUT2D eigenvalue weighted by Gasteiger charge is 2.16.